The van der Waals surface area contributed by atoms with E-state index in [4.69, 9.17) is 4.74 Å². The fraction of sp³-hybridized carbons (Fsp3) is 0.600. The number of fused-ring (bicyclic) bond motifs is 1. The zero-order valence-corrected chi connectivity index (χ0v) is 11.5. The number of nitrogens with one attached hydrogen (secondary N) is 1. The van der Waals surface area contributed by atoms with Crippen molar-refractivity contribution in [1.82, 2.24) is 5.32 Å². The monoisotopic (exact) mass is 249 g/mol. The first-order chi connectivity index (χ1) is 8.65. The minimum Gasteiger partial charge on any atom is -0.508 e. The molecule has 0 saturated carbocycles. The normalized spacial score (nSPS) is 22.2. The number of rotatable bonds is 5. The Morgan fingerprint density at radius 3 is 2.89 bits per heavy atom. The zero-order valence-electron chi connectivity index (χ0n) is 11.5. The molecule has 1 aliphatic rings. The lowest BCUT2D eigenvalue weighted by Crippen LogP contribution is -2.24. The number of hydrogen-bond acceptors (Lipinski definition) is 3. The predicted octanol–water partition coefficient (Wildman–Crippen LogP) is 2.88. The van der Waals surface area contributed by atoms with Gasteiger partial charge in [-0.15, -0.1) is 0 Å². The number of benzene rings is 1. The summed E-state index contributed by atoms with van der Waals surface area (Å²) in [5.74, 6) is 0.936. The van der Waals surface area contributed by atoms with Crippen LogP contribution >= 0.6 is 0 Å². The van der Waals surface area contributed by atoms with Gasteiger partial charge in [0.25, 0.3) is 0 Å². The van der Waals surface area contributed by atoms with Crippen molar-refractivity contribution >= 4 is 0 Å². The summed E-state index contributed by atoms with van der Waals surface area (Å²) in [4.78, 5) is 0. The fourth-order valence-electron chi connectivity index (χ4n) is 2.98. The van der Waals surface area contributed by atoms with Crippen LogP contribution in [0.15, 0.2) is 12.1 Å². The molecule has 18 heavy (non-hydrogen) atoms. The van der Waals surface area contributed by atoms with Crippen LogP contribution in [-0.4, -0.2) is 24.9 Å². The Balaban J connectivity index is 2.12. The zero-order chi connectivity index (χ0) is 13.1. The van der Waals surface area contributed by atoms with Crippen molar-refractivity contribution in [2.24, 2.45) is 0 Å². The van der Waals surface area contributed by atoms with E-state index < -0.39 is 0 Å². The molecule has 3 nitrogen and oxygen atoms in total. The molecule has 0 heterocycles. The maximum atomic E-state index is 10.1. The summed E-state index contributed by atoms with van der Waals surface area (Å²) in [6, 6.07) is 4.08. The summed E-state index contributed by atoms with van der Waals surface area (Å²) < 4.78 is 5.34. The van der Waals surface area contributed by atoms with E-state index in [2.05, 4.69) is 19.2 Å². The number of phenolic OH excluding ortho intramolecular Hbond substituents is 1. The van der Waals surface area contributed by atoms with Crippen molar-refractivity contribution in [3.8, 4) is 5.75 Å². The molecule has 2 rings (SSSR count). The summed E-state index contributed by atoms with van der Waals surface area (Å²) in [5, 5.41) is 13.6. The Bertz CT molecular complexity index is 417. The largest absolute Gasteiger partial charge is 0.508 e. The molecule has 0 spiro atoms. The van der Waals surface area contributed by atoms with E-state index in [0.29, 0.717) is 11.7 Å². The molecule has 0 aromatic heterocycles. The smallest absolute Gasteiger partial charge is 0.120 e. The molecule has 0 bridgehead atoms. The van der Waals surface area contributed by atoms with Gasteiger partial charge in [-0.3, -0.25) is 0 Å². The van der Waals surface area contributed by atoms with E-state index >= 15 is 0 Å². The SMILES string of the molecule is CCOCCNC1CC(C)c2c(C)ccc(O)c21. The molecule has 2 unspecified atom stereocenters. The quantitative estimate of drug-likeness (QED) is 0.788. The molecule has 0 fully saturated rings. The minimum atomic E-state index is 0.260. The average Bonchev–Trinajstić information content (AvgIpc) is 2.68. The topological polar surface area (TPSA) is 41.5 Å². The van der Waals surface area contributed by atoms with Gasteiger partial charge in [0, 0.05) is 24.8 Å². The van der Waals surface area contributed by atoms with Crippen LogP contribution in [0, 0.1) is 6.92 Å². The van der Waals surface area contributed by atoms with Crippen LogP contribution in [0.3, 0.4) is 0 Å². The van der Waals surface area contributed by atoms with Gasteiger partial charge in [-0.2, -0.15) is 0 Å². The molecule has 2 atom stereocenters. The van der Waals surface area contributed by atoms with Crippen molar-refractivity contribution < 1.29 is 9.84 Å². The number of hydrogen-bond donors (Lipinski definition) is 2. The third kappa shape index (κ3) is 2.52. The van der Waals surface area contributed by atoms with Crippen LogP contribution < -0.4 is 5.32 Å². The van der Waals surface area contributed by atoms with Crippen molar-refractivity contribution in [2.75, 3.05) is 19.8 Å². The van der Waals surface area contributed by atoms with Crippen molar-refractivity contribution in [3.05, 3.63) is 28.8 Å². The highest BCUT2D eigenvalue weighted by Gasteiger charge is 2.31. The summed E-state index contributed by atoms with van der Waals surface area (Å²) in [5.41, 5.74) is 3.70. The van der Waals surface area contributed by atoms with E-state index in [-0.39, 0.29) is 6.04 Å². The third-order valence-electron chi connectivity index (χ3n) is 3.75. The van der Waals surface area contributed by atoms with E-state index in [1.54, 1.807) is 0 Å². The highest BCUT2D eigenvalue weighted by atomic mass is 16.5. The molecule has 0 aliphatic heterocycles. The maximum absolute atomic E-state index is 10.1. The molecule has 3 heteroatoms. The fourth-order valence-corrected chi connectivity index (χ4v) is 2.98. The lowest BCUT2D eigenvalue weighted by atomic mass is 9.97. The van der Waals surface area contributed by atoms with Crippen LogP contribution in [0.5, 0.6) is 5.75 Å². The molecule has 1 aromatic carbocycles. The molecule has 2 N–H and O–H groups in total. The first kappa shape index (κ1) is 13.4. The van der Waals surface area contributed by atoms with Gasteiger partial charge >= 0.3 is 0 Å². The number of aryl methyl sites for hydroxylation is 1. The second kappa shape index (κ2) is 5.72. The maximum Gasteiger partial charge on any atom is 0.120 e. The Labute approximate surface area is 109 Å². The molecular formula is C15H23NO2. The van der Waals surface area contributed by atoms with Gasteiger partial charge in [-0.25, -0.2) is 0 Å². The summed E-state index contributed by atoms with van der Waals surface area (Å²) >= 11 is 0. The lowest BCUT2D eigenvalue weighted by Gasteiger charge is -2.15. The standard InChI is InChI=1S/C15H23NO2/c1-4-18-8-7-16-12-9-11(3)14-10(2)5-6-13(17)15(12)14/h5-6,11-12,16-17H,4,7-9H2,1-3H3. The van der Waals surface area contributed by atoms with Crippen molar-refractivity contribution in [1.29, 1.82) is 0 Å². The number of aromatic hydroxyl groups is 1. The lowest BCUT2D eigenvalue weighted by molar-refractivity contribution is 0.146. The Morgan fingerprint density at radius 2 is 2.17 bits per heavy atom. The van der Waals surface area contributed by atoms with Crippen LogP contribution in [0.1, 0.15) is 48.9 Å². The van der Waals surface area contributed by atoms with E-state index in [1.807, 2.05) is 19.1 Å². The summed E-state index contributed by atoms with van der Waals surface area (Å²) in [6.07, 6.45) is 1.06. The van der Waals surface area contributed by atoms with Crippen LogP contribution in [0.4, 0.5) is 0 Å². The minimum absolute atomic E-state index is 0.260. The highest BCUT2D eigenvalue weighted by Crippen LogP contribution is 2.45. The van der Waals surface area contributed by atoms with Crippen molar-refractivity contribution in [2.45, 2.75) is 39.2 Å². The predicted molar refractivity (Wildman–Crippen MR) is 73.1 cm³/mol. The second-order valence-corrected chi connectivity index (χ2v) is 5.07. The van der Waals surface area contributed by atoms with Gasteiger partial charge in [0.05, 0.1) is 6.61 Å². The van der Waals surface area contributed by atoms with Gasteiger partial charge in [-0.05, 0) is 43.4 Å². The first-order valence-corrected chi connectivity index (χ1v) is 6.78. The van der Waals surface area contributed by atoms with Crippen LogP contribution in [0.2, 0.25) is 0 Å². The second-order valence-electron chi connectivity index (χ2n) is 5.07. The molecule has 0 radical (unpaired) electrons. The van der Waals surface area contributed by atoms with E-state index in [1.165, 1.54) is 11.1 Å². The van der Waals surface area contributed by atoms with Gasteiger partial charge in [0.15, 0.2) is 0 Å². The highest BCUT2D eigenvalue weighted by molar-refractivity contribution is 5.50. The molecule has 1 aliphatic carbocycles. The molecule has 1 aromatic rings. The van der Waals surface area contributed by atoms with Crippen LogP contribution in [-0.2, 0) is 4.74 Å². The summed E-state index contributed by atoms with van der Waals surface area (Å²) in [6.45, 7) is 8.67. The molecule has 0 saturated heterocycles. The van der Waals surface area contributed by atoms with Crippen molar-refractivity contribution in [3.63, 3.8) is 0 Å². The molecule has 100 valence electrons. The average molecular weight is 249 g/mol. The Morgan fingerprint density at radius 1 is 1.39 bits per heavy atom. The van der Waals surface area contributed by atoms with E-state index in [9.17, 15) is 5.11 Å². The van der Waals surface area contributed by atoms with Gasteiger partial charge in [0.1, 0.15) is 5.75 Å². The number of ether oxygens (including phenoxy) is 1. The third-order valence-corrected chi connectivity index (χ3v) is 3.75. The van der Waals surface area contributed by atoms with Gasteiger partial charge < -0.3 is 15.2 Å². The number of phenols is 1. The molecular weight excluding hydrogens is 226 g/mol. The Kier molecular flexibility index (Phi) is 4.25. The molecule has 0 amide bonds. The first-order valence-electron chi connectivity index (χ1n) is 6.78. The van der Waals surface area contributed by atoms with Crippen LogP contribution in [0.25, 0.3) is 0 Å². The Hall–Kier alpha value is -1.06. The summed E-state index contributed by atoms with van der Waals surface area (Å²) in [7, 11) is 0. The van der Waals surface area contributed by atoms with E-state index in [0.717, 1.165) is 31.7 Å². The van der Waals surface area contributed by atoms with Gasteiger partial charge in [0.2, 0.25) is 0 Å². The van der Waals surface area contributed by atoms with Gasteiger partial charge in [-0.1, -0.05) is 13.0 Å².